The number of rotatable bonds is 10. The Morgan fingerprint density at radius 2 is 1.87 bits per heavy atom. The number of benzene rings is 2. The van der Waals surface area contributed by atoms with Gasteiger partial charge in [0, 0.05) is 24.5 Å². The van der Waals surface area contributed by atoms with E-state index in [-0.39, 0.29) is 4.90 Å². The average molecular weight is 579 g/mol. The predicted octanol–water partition coefficient (Wildman–Crippen LogP) is 5.91. The van der Waals surface area contributed by atoms with E-state index in [1.165, 1.54) is 0 Å². The molecule has 2 aromatic carbocycles. The Morgan fingerprint density at radius 3 is 2.51 bits per heavy atom. The van der Waals surface area contributed by atoms with Gasteiger partial charge in [0.05, 0.1) is 0 Å². The molecule has 2 N–H and O–H groups in total. The first-order chi connectivity index (χ1) is 18.1. The fourth-order valence-corrected chi connectivity index (χ4v) is 5.39. The Labute approximate surface area is 236 Å². The summed E-state index contributed by atoms with van der Waals surface area (Å²) in [5.74, 6) is 0.314. The van der Waals surface area contributed by atoms with Gasteiger partial charge in [-0.1, -0.05) is 17.7 Å². The smallest absolute Gasteiger partial charge is 0.410 e. The summed E-state index contributed by atoms with van der Waals surface area (Å²) in [5, 5.41) is 6.13. The maximum atomic E-state index is 12.9. The minimum Gasteiger partial charge on any atom is -0.486 e. The highest BCUT2D eigenvalue weighted by molar-refractivity contribution is 7.89. The number of ether oxygens (including phenoxy) is 2. The van der Waals surface area contributed by atoms with Crippen LogP contribution in [0.15, 0.2) is 35.2 Å². The lowest BCUT2D eigenvalue weighted by Crippen LogP contribution is -2.38. The van der Waals surface area contributed by atoms with E-state index in [9.17, 15) is 18.0 Å². The fraction of sp³-hybridized carbons (Fsp3) is 0.517. The van der Waals surface area contributed by atoms with Crippen molar-refractivity contribution in [3.8, 4) is 16.9 Å². The van der Waals surface area contributed by atoms with Crippen LogP contribution in [0.1, 0.15) is 71.4 Å². The van der Waals surface area contributed by atoms with Crippen LogP contribution in [0.5, 0.6) is 5.75 Å². The summed E-state index contributed by atoms with van der Waals surface area (Å²) >= 11 is 6.54. The van der Waals surface area contributed by atoms with E-state index >= 15 is 0 Å². The van der Waals surface area contributed by atoms with E-state index < -0.39 is 27.3 Å². The maximum absolute atomic E-state index is 12.9. The number of halogens is 1. The fourth-order valence-electron chi connectivity index (χ4n) is 4.46. The molecule has 0 atom stereocenters. The summed E-state index contributed by atoms with van der Waals surface area (Å²) in [7, 11) is -4.03. The standard InChI is InChI=1S/C29H39ClN2O6S/c1-28(2,3)38-27(34)32(14-7-6-8-16-33)15-12-21-17-20(9-10-24(21)30)23-18-22-11-13-29(4,5)37-26(22)25(19-23)39(31,35)36/h9-10,16-19H,6-8,11-15H2,1-5H3,(H2,31,35,36). The lowest BCUT2D eigenvalue weighted by molar-refractivity contribution is -0.107. The summed E-state index contributed by atoms with van der Waals surface area (Å²) in [4.78, 5) is 25.1. The Balaban J connectivity index is 1.89. The van der Waals surface area contributed by atoms with Crippen molar-refractivity contribution < 1.29 is 27.5 Å². The van der Waals surface area contributed by atoms with Crippen LogP contribution in [-0.2, 0) is 32.4 Å². The lowest BCUT2D eigenvalue weighted by Gasteiger charge is -2.33. The molecule has 1 aliphatic rings. The molecule has 2 aromatic rings. The summed E-state index contributed by atoms with van der Waals surface area (Å²) in [6.07, 6.45) is 4.12. The number of fused-ring (bicyclic) bond motifs is 1. The summed E-state index contributed by atoms with van der Waals surface area (Å²) in [5.41, 5.74) is 1.94. The lowest BCUT2D eigenvalue weighted by atomic mass is 9.91. The molecule has 1 amide bonds. The molecule has 0 unspecified atom stereocenters. The van der Waals surface area contributed by atoms with Crippen molar-refractivity contribution in [2.24, 2.45) is 5.14 Å². The minimum atomic E-state index is -4.03. The molecule has 10 heteroatoms. The van der Waals surface area contributed by atoms with Gasteiger partial charge in [0.1, 0.15) is 28.1 Å². The molecule has 1 heterocycles. The highest BCUT2D eigenvalue weighted by Gasteiger charge is 2.32. The van der Waals surface area contributed by atoms with Gasteiger partial charge in [-0.25, -0.2) is 18.4 Å². The monoisotopic (exact) mass is 578 g/mol. The van der Waals surface area contributed by atoms with Crippen LogP contribution in [0, 0.1) is 0 Å². The number of unbranched alkanes of at least 4 members (excludes halogenated alkanes) is 2. The topological polar surface area (TPSA) is 116 Å². The Kier molecular flexibility index (Phi) is 9.73. The van der Waals surface area contributed by atoms with Gasteiger partial charge < -0.3 is 19.2 Å². The molecule has 0 saturated carbocycles. The number of aryl methyl sites for hydroxylation is 1. The Bertz CT molecular complexity index is 1320. The number of carbonyl (C=O) groups excluding carboxylic acids is 2. The second-order valence-electron chi connectivity index (χ2n) is 11.6. The zero-order valence-electron chi connectivity index (χ0n) is 23.4. The van der Waals surface area contributed by atoms with Crippen LogP contribution in [0.25, 0.3) is 11.1 Å². The normalized spacial score (nSPS) is 14.7. The number of sulfonamides is 1. The molecule has 0 fully saturated rings. The number of carbonyl (C=O) groups is 2. The zero-order valence-corrected chi connectivity index (χ0v) is 25.0. The van der Waals surface area contributed by atoms with E-state index in [4.69, 9.17) is 26.2 Å². The second kappa shape index (κ2) is 12.3. The number of nitrogens with zero attached hydrogens (tertiary/aromatic N) is 1. The maximum Gasteiger partial charge on any atom is 0.410 e. The molecule has 0 radical (unpaired) electrons. The van der Waals surface area contributed by atoms with Crippen molar-refractivity contribution in [2.45, 2.75) is 89.2 Å². The number of aldehydes is 1. The third kappa shape index (κ3) is 8.68. The third-order valence-corrected chi connectivity index (χ3v) is 7.78. The van der Waals surface area contributed by atoms with E-state index in [0.29, 0.717) is 61.5 Å². The molecular formula is C29H39ClN2O6S. The molecule has 1 aliphatic heterocycles. The van der Waals surface area contributed by atoms with Crippen molar-refractivity contribution in [2.75, 3.05) is 13.1 Å². The van der Waals surface area contributed by atoms with Gasteiger partial charge in [0.25, 0.3) is 0 Å². The van der Waals surface area contributed by atoms with Crippen LogP contribution in [0.4, 0.5) is 4.79 Å². The minimum absolute atomic E-state index is 0.0364. The largest absolute Gasteiger partial charge is 0.486 e. The van der Waals surface area contributed by atoms with Crippen LogP contribution >= 0.6 is 11.6 Å². The number of amides is 1. The van der Waals surface area contributed by atoms with Gasteiger partial charge in [-0.05, 0) is 113 Å². The third-order valence-electron chi connectivity index (χ3n) is 6.49. The van der Waals surface area contributed by atoms with Crippen LogP contribution in [0.3, 0.4) is 0 Å². The van der Waals surface area contributed by atoms with Crippen molar-refractivity contribution in [1.29, 1.82) is 0 Å². The van der Waals surface area contributed by atoms with Gasteiger partial charge in [0.15, 0.2) is 0 Å². The zero-order chi connectivity index (χ0) is 29.0. The van der Waals surface area contributed by atoms with E-state index in [1.54, 1.807) is 17.0 Å². The molecule has 8 nitrogen and oxygen atoms in total. The summed E-state index contributed by atoms with van der Waals surface area (Å²) < 4.78 is 36.6. The van der Waals surface area contributed by atoms with Crippen LogP contribution in [0.2, 0.25) is 5.02 Å². The van der Waals surface area contributed by atoms with Crippen LogP contribution in [-0.4, -0.2) is 50.0 Å². The molecule has 3 rings (SSSR count). The average Bonchev–Trinajstić information content (AvgIpc) is 2.81. The van der Waals surface area contributed by atoms with Gasteiger partial charge >= 0.3 is 6.09 Å². The van der Waals surface area contributed by atoms with Gasteiger partial charge in [0.2, 0.25) is 10.0 Å². The molecule has 39 heavy (non-hydrogen) atoms. The highest BCUT2D eigenvalue weighted by atomic mass is 35.5. The first-order valence-electron chi connectivity index (χ1n) is 13.2. The van der Waals surface area contributed by atoms with Crippen molar-refractivity contribution in [1.82, 2.24) is 4.90 Å². The number of nitrogens with two attached hydrogens (primary N) is 1. The highest BCUT2D eigenvalue weighted by Crippen LogP contribution is 2.41. The number of hydrogen-bond acceptors (Lipinski definition) is 6. The summed E-state index contributed by atoms with van der Waals surface area (Å²) in [6, 6.07) is 8.99. The van der Waals surface area contributed by atoms with E-state index in [0.717, 1.165) is 29.4 Å². The SMILES string of the molecule is CC(C)(C)OC(=O)N(CCCCC=O)CCc1cc(-c2cc3c(c(S(N)(=O)=O)c2)OC(C)(C)CC3)ccc1Cl. The Hall–Kier alpha value is -2.62. The summed E-state index contributed by atoms with van der Waals surface area (Å²) in [6.45, 7) is 10.1. The van der Waals surface area contributed by atoms with Crippen molar-refractivity contribution >= 4 is 34.0 Å². The van der Waals surface area contributed by atoms with Gasteiger partial charge in [-0.2, -0.15) is 0 Å². The first kappa shape index (κ1) is 30.9. The second-order valence-corrected chi connectivity index (χ2v) is 13.5. The molecule has 0 aliphatic carbocycles. The predicted molar refractivity (Wildman–Crippen MR) is 153 cm³/mol. The van der Waals surface area contributed by atoms with Crippen LogP contribution < -0.4 is 9.88 Å². The Morgan fingerprint density at radius 1 is 1.15 bits per heavy atom. The molecule has 0 bridgehead atoms. The quantitative estimate of drug-likeness (QED) is 0.277. The van der Waals surface area contributed by atoms with E-state index in [2.05, 4.69) is 0 Å². The van der Waals surface area contributed by atoms with Gasteiger partial charge in [-0.3, -0.25) is 0 Å². The molecule has 0 saturated heterocycles. The van der Waals surface area contributed by atoms with Crippen molar-refractivity contribution in [3.63, 3.8) is 0 Å². The molecule has 214 valence electrons. The molecular weight excluding hydrogens is 540 g/mol. The van der Waals surface area contributed by atoms with Crippen molar-refractivity contribution in [3.05, 3.63) is 46.5 Å². The number of primary sulfonamides is 1. The molecule has 0 aromatic heterocycles. The number of hydrogen-bond donors (Lipinski definition) is 1. The first-order valence-corrected chi connectivity index (χ1v) is 15.1. The van der Waals surface area contributed by atoms with Gasteiger partial charge in [-0.15, -0.1) is 0 Å². The van der Waals surface area contributed by atoms with E-state index in [1.807, 2.05) is 52.8 Å². The molecule has 0 spiro atoms.